The quantitative estimate of drug-likeness (QED) is 0.798. The summed E-state index contributed by atoms with van der Waals surface area (Å²) in [5.74, 6) is -0.365. The summed E-state index contributed by atoms with van der Waals surface area (Å²) < 4.78 is 64.8. The van der Waals surface area contributed by atoms with E-state index in [9.17, 15) is 26.4 Å². The number of alkyl halides is 3. The van der Waals surface area contributed by atoms with Gasteiger partial charge in [0, 0.05) is 18.8 Å². The third-order valence-electron chi connectivity index (χ3n) is 2.81. The van der Waals surface area contributed by atoms with Crippen LogP contribution in [0, 0.1) is 0 Å². The fraction of sp³-hybridized carbons (Fsp3) is 0.462. The minimum Gasteiger partial charge on any atom is -0.372 e. The van der Waals surface area contributed by atoms with Crippen molar-refractivity contribution < 1.29 is 31.1 Å². The zero-order valence-electron chi connectivity index (χ0n) is 12.1. The molecule has 0 bridgehead atoms. The summed E-state index contributed by atoms with van der Waals surface area (Å²) in [6.07, 6.45) is 0. The molecule has 124 valence electrons. The van der Waals surface area contributed by atoms with Gasteiger partial charge in [-0.3, -0.25) is 4.79 Å². The van der Waals surface area contributed by atoms with Crippen LogP contribution >= 0.6 is 0 Å². The molecular weight excluding hydrogens is 323 g/mol. The lowest BCUT2D eigenvalue weighted by atomic mass is 10.3. The van der Waals surface area contributed by atoms with E-state index in [4.69, 9.17) is 4.74 Å². The number of ether oxygens (including phenoxy) is 1. The number of anilines is 1. The van der Waals surface area contributed by atoms with Gasteiger partial charge in [0.2, 0.25) is 0 Å². The molecule has 0 aliphatic heterocycles. The Morgan fingerprint density at radius 2 is 1.73 bits per heavy atom. The first-order valence-electron chi connectivity index (χ1n) is 6.44. The summed E-state index contributed by atoms with van der Waals surface area (Å²) in [5, 5.41) is 0. The van der Waals surface area contributed by atoms with Crippen LogP contribution in [0.25, 0.3) is 0 Å². The number of sulfone groups is 1. The van der Waals surface area contributed by atoms with Gasteiger partial charge in [0.15, 0.2) is 0 Å². The number of carbonyl (C=O) groups excluding carboxylic acids is 1. The number of halogens is 3. The van der Waals surface area contributed by atoms with Gasteiger partial charge in [-0.2, -0.15) is 13.2 Å². The first-order chi connectivity index (χ1) is 10.1. The first kappa shape index (κ1) is 18.4. The van der Waals surface area contributed by atoms with Crippen molar-refractivity contribution in [1.29, 1.82) is 0 Å². The van der Waals surface area contributed by atoms with Crippen LogP contribution in [-0.4, -0.2) is 39.6 Å². The van der Waals surface area contributed by atoms with Crippen molar-refractivity contribution in [1.82, 2.24) is 0 Å². The average molecular weight is 339 g/mol. The minimum atomic E-state index is -5.39. The molecule has 1 rings (SSSR count). The molecule has 0 aliphatic carbocycles. The maximum atomic E-state index is 12.4. The number of amides is 1. The molecule has 0 heterocycles. The van der Waals surface area contributed by atoms with E-state index in [1.165, 1.54) is 4.90 Å². The van der Waals surface area contributed by atoms with Gasteiger partial charge in [-0.05, 0) is 38.1 Å². The summed E-state index contributed by atoms with van der Waals surface area (Å²) in [6, 6.07) is 3.97. The molecule has 9 heteroatoms. The Morgan fingerprint density at radius 3 is 2.14 bits per heavy atom. The summed E-state index contributed by atoms with van der Waals surface area (Å²) in [4.78, 5) is 12.3. The first-order valence-corrected chi connectivity index (χ1v) is 7.93. The molecule has 0 aromatic heterocycles. The summed E-state index contributed by atoms with van der Waals surface area (Å²) >= 11 is 0. The van der Waals surface area contributed by atoms with Gasteiger partial charge in [0.1, 0.15) is 6.61 Å². The Balaban J connectivity index is 3.03. The summed E-state index contributed by atoms with van der Waals surface area (Å²) in [6.45, 7) is 3.88. The number of carbonyl (C=O) groups is 1. The van der Waals surface area contributed by atoms with Crippen molar-refractivity contribution in [3.63, 3.8) is 0 Å². The summed E-state index contributed by atoms with van der Waals surface area (Å²) in [5.41, 5.74) is -5.06. The SMILES string of the molecule is CCOCC(=O)N(CC)c1ccc(S(=O)(=O)C(F)(F)F)cc1. The molecule has 0 aliphatic rings. The topological polar surface area (TPSA) is 63.7 Å². The Morgan fingerprint density at radius 1 is 1.18 bits per heavy atom. The predicted molar refractivity (Wildman–Crippen MR) is 74.2 cm³/mol. The van der Waals surface area contributed by atoms with Crippen LogP contribution in [-0.2, 0) is 19.4 Å². The van der Waals surface area contributed by atoms with Gasteiger partial charge in [0.25, 0.3) is 15.7 Å². The minimum absolute atomic E-state index is 0.160. The lowest BCUT2D eigenvalue weighted by Gasteiger charge is -2.21. The summed E-state index contributed by atoms with van der Waals surface area (Å²) in [7, 11) is -5.39. The normalized spacial score (nSPS) is 12.2. The molecule has 5 nitrogen and oxygen atoms in total. The number of nitrogens with zero attached hydrogens (tertiary/aromatic N) is 1. The number of benzene rings is 1. The molecule has 1 aromatic rings. The Kier molecular flexibility index (Phi) is 5.95. The van der Waals surface area contributed by atoms with Gasteiger partial charge in [0.05, 0.1) is 4.90 Å². The van der Waals surface area contributed by atoms with Gasteiger partial charge in [-0.25, -0.2) is 8.42 Å². The molecule has 0 atom stereocenters. The molecule has 1 aromatic carbocycles. The highest BCUT2D eigenvalue weighted by Crippen LogP contribution is 2.31. The molecule has 22 heavy (non-hydrogen) atoms. The molecule has 1 amide bonds. The van der Waals surface area contributed by atoms with Crippen LogP contribution < -0.4 is 4.90 Å². The van der Waals surface area contributed by atoms with Crippen LogP contribution in [0.4, 0.5) is 18.9 Å². The van der Waals surface area contributed by atoms with E-state index < -0.39 is 20.2 Å². The average Bonchev–Trinajstić information content (AvgIpc) is 2.45. The van der Waals surface area contributed by atoms with Gasteiger partial charge < -0.3 is 9.64 Å². The second-order valence-electron chi connectivity index (χ2n) is 4.22. The lowest BCUT2D eigenvalue weighted by Crippen LogP contribution is -2.34. The second-order valence-corrected chi connectivity index (χ2v) is 6.16. The monoisotopic (exact) mass is 339 g/mol. The van der Waals surface area contributed by atoms with Crippen molar-refractivity contribution in [3.05, 3.63) is 24.3 Å². The van der Waals surface area contributed by atoms with Crippen LogP contribution in [0.5, 0.6) is 0 Å². The van der Waals surface area contributed by atoms with Crippen molar-refractivity contribution in [2.45, 2.75) is 24.3 Å². The van der Waals surface area contributed by atoms with Crippen LogP contribution in [0.2, 0.25) is 0 Å². The highest BCUT2D eigenvalue weighted by molar-refractivity contribution is 7.92. The second kappa shape index (κ2) is 7.10. The van der Waals surface area contributed by atoms with E-state index in [0.29, 0.717) is 12.3 Å². The van der Waals surface area contributed by atoms with Gasteiger partial charge >= 0.3 is 5.51 Å². The lowest BCUT2D eigenvalue weighted by molar-refractivity contribution is -0.122. The number of hydrogen-bond acceptors (Lipinski definition) is 4. The predicted octanol–water partition coefficient (Wildman–Crippen LogP) is 2.37. The third-order valence-corrected chi connectivity index (χ3v) is 4.31. The van der Waals surface area contributed by atoms with Crippen LogP contribution in [0.3, 0.4) is 0 Å². The van der Waals surface area contributed by atoms with Gasteiger partial charge in [-0.15, -0.1) is 0 Å². The van der Waals surface area contributed by atoms with E-state index >= 15 is 0 Å². The van der Waals surface area contributed by atoms with E-state index in [0.717, 1.165) is 24.3 Å². The van der Waals surface area contributed by atoms with Gasteiger partial charge in [-0.1, -0.05) is 0 Å². The zero-order chi connectivity index (χ0) is 17.0. The molecule has 0 radical (unpaired) electrons. The highest BCUT2D eigenvalue weighted by atomic mass is 32.2. The molecular formula is C13H16F3NO4S. The number of rotatable bonds is 6. The molecule has 0 unspecified atom stereocenters. The van der Waals surface area contributed by atoms with E-state index in [-0.39, 0.29) is 19.1 Å². The Bertz CT molecular complexity index is 611. The maximum absolute atomic E-state index is 12.4. The van der Waals surface area contributed by atoms with E-state index in [2.05, 4.69) is 0 Å². The standard InChI is InChI=1S/C13H16F3NO4S/c1-3-17(12(18)9-21-4-2)10-5-7-11(8-6-10)22(19,20)13(14,15)16/h5-8H,3-4,9H2,1-2H3. The van der Waals surface area contributed by atoms with E-state index in [1.807, 2.05) is 0 Å². The maximum Gasteiger partial charge on any atom is 0.501 e. The molecule has 0 saturated carbocycles. The largest absolute Gasteiger partial charge is 0.501 e. The Hall–Kier alpha value is -1.61. The fourth-order valence-electron chi connectivity index (χ4n) is 1.71. The van der Waals surface area contributed by atoms with Crippen molar-refractivity contribution >= 4 is 21.4 Å². The van der Waals surface area contributed by atoms with Crippen molar-refractivity contribution in [2.75, 3.05) is 24.7 Å². The molecule has 0 N–H and O–H groups in total. The van der Waals surface area contributed by atoms with Crippen LogP contribution in [0.15, 0.2) is 29.2 Å². The number of hydrogen-bond donors (Lipinski definition) is 0. The van der Waals surface area contributed by atoms with Crippen molar-refractivity contribution in [3.8, 4) is 0 Å². The zero-order valence-corrected chi connectivity index (χ0v) is 12.9. The third kappa shape index (κ3) is 3.98. The molecule has 0 spiro atoms. The Labute approximate surface area is 126 Å². The van der Waals surface area contributed by atoms with Crippen molar-refractivity contribution in [2.24, 2.45) is 0 Å². The molecule has 0 fully saturated rings. The van der Waals surface area contributed by atoms with E-state index in [1.54, 1.807) is 13.8 Å². The fourth-order valence-corrected chi connectivity index (χ4v) is 2.47. The number of likely N-dealkylation sites (N-methyl/N-ethyl adjacent to an activating group) is 1. The molecule has 0 saturated heterocycles. The van der Waals surface area contributed by atoms with Crippen LogP contribution in [0.1, 0.15) is 13.8 Å². The highest BCUT2D eigenvalue weighted by Gasteiger charge is 2.46. The smallest absolute Gasteiger partial charge is 0.372 e.